The second-order valence-corrected chi connectivity index (χ2v) is 7.13. The molecule has 4 rings (SSSR count). The molecule has 1 N–H and O–H groups in total. The lowest BCUT2D eigenvalue weighted by molar-refractivity contribution is -0.384. The number of amides is 1. The van der Waals surface area contributed by atoms with Gasteiger partial charge in [0.1, 0.15) is 5.76 Å². The molecule has 0 spiro atoms. The van der Waals surface area contributed by atoms with E-state index in [1.807, 2.05) is 30.3 Å². The first-order valence-electron chi connectivity index (χ1n) is 9.59. The molecule has 3 aromatic carbocycles. The molecule has 1 unspecified atom stereocenters. The van der Waals surface area contributed by atoms with Crippen LogP contribution in [-0.4, -0.2) is 26.6 Å². The molecule has 0 bridgehead atoms. The molecule has 1 heterocycles. The van der Waals surface area contributed by atoms with Gasteiger partial charge in [-0.15, -0.1) is 0 Å². The highest BCUT2D eigenvalue weighted by Crippen LogP contribution is 2.40. The van der Waals surface area contributed by atoms with Crippen LogP contribution < -0.4 is 0 Å². The average Bonchev–Trinajstić information content (AvgIpc) is 3.05. The lowest BCUT2D eigenvalue weighted by Crippen LogP contribution is -2.29. The summed E-state index contributed by atoms with van der Waals surface area (Å²) in [5, 5.41) is 22.0. The van der Waals surface area contributed by atoms with Gasteiger partial charge < -0.3 is 10.0 Å². The number of rotatable bonds is 5. The third-order valence-electron chi connectivity index (χ3n) is 5.20. The Morgan fingerprint density at radius 2 is 1.48 bits per heavy atom. The standard InChI is InChI=1S/C24H18N2O5/c27-22(18-9-5-2-6-10-18)20-21(17-11-13-19(14-12-17)26(30)31)25(24(29)23(20)28)15-16-7-3-1-4-8-16/h1-14,21,27H,15H2. The van der Waals surface area contributed by atoms with Gasteiger partial charge in [0.15, 0.2) is 0 Å². The van der Waals surface area contributed by atoms with E-state index in [9.17, 15) is 24.8 Å². The van der Waals surface area contributed by atoms with E-state index in [2.05, 4.69) is 0 Å². The fourth-order valence-electron chi connectivity index (χ4n) is 3.70. The minimum absolute atomic E-state index is 0.0408. The van der Waals surface area contributed by atoms with Crippen molar-refractivity contribution in [2.75, 3.05) is 0 Å². The van der Waals surface area contributed by atoms with Crippen molar-refractivity contribution in [3.05, 3.63) is 117 Å². The Bertz CT molecular complexity index is 1170. The number of Topliss-reactive ketones (excluding diaryl/α,β-unsaturated/α-hetero) is 1. The molecule has 1 aliphatic rings. The zero-order valence-corrected chi connectivity index (χ0v) is 16.3. The summed E-state index contributed by atoms with van der Waals surface area (Å²) in [6, 6.07) is 22.5. The number of carbonyl (C=O) groups is 2. The molecule has 0 radical (unpaired) electrons. The largest absolute Gasteiger partial charge is 0.507 e. The van der Waals surface area contributed by atoms with Crippen LogP contribution in [0, 0.1) is 10.1 Å². The summed E-state index contributed by atoms with van der Waals surface area (Å²) in [5.74, 6) is -1.80. The molecule has 1 fully saturated rings. The fraction of sp³-hybridized carbons (Fsp3) is 0.0833. The second-order valence-electron chi connectivity index (χ2n) is 7.13. The molecule has 1 aliphatic heterocycles. The Morgan fingerprint density at radius 1 is 0.903 bits per heavy atom. The summed E-state index contributed by atoms with van der Waals surface area (Å²) in [4.78, 5) is 37.8. The first kappa shape index (κ1) is 20.0. The van der Waals surface area contributed by atoms with E-state index in [1.165, 1.54) is 29.2 Å². The van der Waals surface area contributed by atoms with Crippen molar-refractivity contribution in [2.24, 2.45) is 0 Å². The number of aliphatic hydroxyl groups excluding tert-OH is 1. The molecule has 1 atom stereocenters. The first-order valence-corrected chi connectivity index (χ1v) is 9.59. The monoisotopic (exact) mass is 414 g/mol. The molecule has 0 saturated carbocycles. The van der Waals surface area contributed by atoms with Crippen LogP contribution in [0.4, 0.5) is 5.69 Å². The van der Waals surface area contributed by atoms with Crippen LogP contribution in [0.25, 0.3) is 5.76 Å². The Morgan fingerprint density at radius 3 is 2.06 bits per heavy atom. The van der Waals surface area contributed by atoms with E-state index in [0.29, 0.717) is 11.1 Å². The first-order chi connectivity index (χ1) is 15.0. The number of nitro groups is 1. The highest BCUT2D eigenvalue weighted by Gasteiger charge is 2.46. The SMILES string of the molecule is O=C1C(=O)N(Cc2ccccc2)C(c2ccc([N+](=O)[O-])cc2)C1=C(O)c1ccccc1. The molecule has 31 heavy (non-hydrogen) atoms. The van der Waals surface area contributed by atoms with Crippen molar-refractivity contribution in [3.8, 4) is 0 Å². The van der Waals surface area contributed by atoms with Gasteiger partial charge in [-0.1, -0.05) is 60.7 Å². The second kappa shape index (κ2) is 8.23. The highest BCUT2D eigenvalue weighted by molar-refractivity contribution is 6.46. The van der Waals surface area contributed by atoms with Gasteiger partial charge in [0.05, 0.1) is 16.5 Å². The molecule has 3 aromatic rings. The maximum absolute atomic E-state index is 13.0. The Hall–Kier alpha value is -4.26. The lowest BCUT2D eigenvalue weighted by Gasteiger charge is -2.25. The molecule has 154 valence electrons. The smallest absolute Gasteiger partial charge is 0.295 e. The average molecular weight is 414 g/mol. The van der Waals surface area contributed by atoms with Crippen LogP contribution in [0.15, 0.2) is 90.5 Å². The number of nitro benzene ring substituents is 1. The normalized spacial score (nSPS) is 17.7. The lowest BCUT2D eigenvalue weighted by atomic mass is 9.95. The highest BCUT2D eigenvalue weighted by atomic mass is 16.6. The molecule has 0 aliphatic carbocycles. The number of non-ortho nitro benzene ring substituents is 1. The zero-order chi connectivity index (χ0) is 22.0. The van der Waals surface area contributed by atoms with Crippen molar-refractivity contribution in [3.63, 3.8) is 0 Å². The van der Waals surface area contributed by atoms with Crippen molar-refractivity contribution in [1.29, 1.82) is 0 Å². The molecular weight excluding hydrogens is 396 g/mol. The molecule has 0 aromatic heterocycles. The molecular formula is C24H18N2O5. The summed E-state index contributed by atoms with van der Waals surface area (Å²) in [7, 11) is 0. The number of likely N-dealkylation sites (tertiary alicyclic amines) is 1. The van der Waals surface area contributed by atoms with Gasteiger partial charge in [0.2, 0.25) is 0 Å². The van der Waals surface area contributed by atoms with Gasteiger partial charge in [-0.2, -0.15) is 0 Å². The van der Waals surface area contributed by atoms with E-state index in [1.54, 1.807) is 30.3 Å². The van der Waals surface area contributed by atoms with Crippen molar-refractivity contribution >= 4 is 23.1 Å². The van der Waals surface area contributed by atoms with Gasteiger partial charge >= 0.3 is 0 Å². The summed E-state index contributed by atoms with van der Waals surface area (Å²) < 4.78 is 0. The maximum Gasteiger partial charge on any atom is 0.295 e. The maximum atomic E-state index is 13.0. The molecule has 7 nitrogen and oxygen atoms in total. The molecule has 1 amide bonds. The van der Waals surface area contributed by atoms with E-state index < -0.39 is 22.7 Å². The Labute approximate surface area is 178 Å². The van der Waals surface area contributed by atoms with E-state index in [4.69, 9.17) is 0 Å². The molecule has 1 saturated heterocycles. The van der Waals surface area contributed by atoms with E-state index in [-0.39, 0.29) is 23.6 Å². The van der Waals surface area contributed by atoms with Gasteiger partial charge in [-0.25, -0.2) is 0 Å². The van der Waals surface area contributed by atoms with Gasteiger partial charge in [0.25, 0.3) is 17.4 Å². The van der Waals surface area contributed by atoms with Crippen LogP contribution in [-0.2, 0) is 16.1 Å². The van der Waals surface area contributed by atoms with E-state index >= 15 is 0 Å². The summed E-state index contributed by atoms with van der Waals surface area (Å²) >= 11 is 0. The quantitative estimate of drug-likeness (QED) is 0.222. The topological polar surface area (TPSA) is 101 Å². The number of aliphatic hydroxyl groups is 1. The third kappa shape index (κ3) is 3.81. The number of benzene rings is 3. The Kier molecular flexibility index (Phi) is 5.32. The van der Waals surface area contributed by atoms with Crippen LogP contribution in [0.1, 0.15) is 22.7 Å². The van der Waals surface area contributed by atoms with Crippen LogP contribution in [0.2, 0.25) is 0 Å². The number of carbonyl (C=O) groups excluding carboxylic acids is 2. The minimum atomic E-state index is -0.874. The van der Waals surface area contributed by atoms with Crippen LogP contribution in [0.3, 0.4) is 0 Å². The van der Waals surface area contributed by atoms with Crippen LogP contribution >= 0.6 is 0 Å². The number of hydrogen-bond donors (Lipinski definition) is 1. The van der Waals surface area contributed by atoms with Gasteiger partial charge in [-0.3, -0.25) is 19.7 Å². The number of nitrogens with zero attached hydrogens (tertiary/aromatic N) is 2. The summed E-state index contributed by atoms with van der Waals surface area (Å²) in [6.07, 6.45) is 0. The third-order valence-corrected chi connectivity index (χ3v) is 5.20. The predicted octanol–water partition coefficient (Wildman–Crippen LogP) is 4.22. The van der Waals surface area contributed by atoms with E-state index in [0.717, 1.165) is 5.56 Å². The number of hydrogen-bond acceptors (Lipinski definition) is 5. The van der Waals surface area contributed by atoms with Crippen molar-refractivity contribution in [1.82, 2.24) is 4.90 Å². The van der Waals surface area contributed by atoms with Crippen LogP contribution in [0.5, 0.6) is 0 Å². The van der Waals surface area contributed by atoms with Crippen molar-refractivity contribution in [2.45, 2.75) is 12.6 Å². The Balaban J connectivity index is 1.85. The fourth-order valence-corrected chi connectivity index (χ4v) is 3.70. The minimum Gasteiger partial charge on any atom is -0.507 e. The molecule has 7 heteroatoms. The van der Waals surface area contributed by atoms with Gasteiger partial charge in [0, 0.05) is 24.2 Å². The predicted molar refractivity (Wildman–Crippen MR) is 114 cm³/mol. The summed E-state index contributed by atoms with van der Waals surface area (Å²) in [6.45, 7) is 0.151. The number of ketones is 1. The summed E-state index contributed by atoms with van der Waals surface area (Å²) in [5.41, 5.74) is 1.58. The van der Waals surface area contributed by atoms with Crippen molar-refractivity contribution < 1.29 is 19.6 Å². The zero-order valence-electron chi connectivity index (χ0n) is 16.3. The van der Waals surface area contributed by atoms with Gasteiger partial charge in [-0.05, 0) is 23.3 Å².